The first kappa shape index (κ1) is 18.6. The van der Waals surface area contributed by atoms with E-state index in [2.05, 4.69) is 5.32 Å². The molecule has 7 heteroatoms. The van der Waals surface area contributed by atoms with Gasteiger partial charge in [-0.05, 0) is 25.2 Å². The summed E-state index contributed by atoms with van der Waals surface area (Å²) in [5.41, 5.74) is 0.381. The van der Waals surface area contributed by atoms with Crippen LogP contribution >= 0.6 is 0 Å². The maximum atomic E-state index is 12.5. The van der Waals surface area contributed by atoms with Crippen molar-refractivity contribution in [1.29, 1.82) is 0 Å². The fourth-order valence-corrected chi connectivity index (χ4v) is 3.61. The predicted octanol–water partition coefficient (Wildman–Crippen LogP) is 1.01. The number of nitrogens with zero attached hydrogens (tertiary/aromatic N) is 2. The maximum Gasteiger partial charge on any atom is 0.253 e. The molecule has 22 heavy (non-hydrogen) atoms. The third-order valence-corrected chi connectivity index (χ3v) is 5.51. The van der Waals surface area contributed by atoms with Crippen LogP contribution in [0.2, 0.25) is 0 Å². The van der Waals surface area contributed by atoms with Crippen molar-refractivity contribution in [1.82, 2.24) is 14.5 Å². The lowest BCUT2D eigenvalue weighted by molar-refractivity contribution is 0.0796. The number of benzene rings is 1. The molecule has 0 aliphatic heterocycles. The zero-order valence-electron chi connectivity index (χ0n) is 13.7. The van der Waals surface area contributed by atoms with Crippen LogP contribution in [0.15, 0.2) is 29.2 Å². The van der Waals surface area contributed by atoms with Crippen molar-refractivity contribution in [3.8, 4) is 0 Å². The van der Waals surface area contributed by atoms with E-state index in [0.717, 1.165) is 0 Å². The van der Waals surface area contributed by atoms with Gasteiger partial charge in [0, 0.05) is 38.8 Å². The van der Waals surface area contributed by atoms with E-state index in [4.69, 9.17) is 0 Å². The zero-order chi connectivity index (χ0) is 16.8. The van der Waals surface area contributed by atoms with Crippen LogP contribution in [-0.4, -0.2) is 63.8 Å². The van der Waals surface area contributed by atoms with Gasteiger partial charge in [-0.1, -0.05) is 19.9 Å². The van der Waals surface area contributed by atoms with E-state index in [1.54, 1.807) is 37.9 Å². The first-order valence-electron chi connectivity index (χ1n) is 7.38. The number of amides is 1. The molecule has 6 nitrogen and oxygen atoms in total. The lowest BCUT2D eigenvalue weighted by atomic mass is 10.2. The Morgan fingerprint density at radius 3 is 2.41 bits per heavy atom. The SMILES string of the molecule is CCN(CC)S(=O)(=O)c1cccc(C(=O)N(C)CCNC)c1. The molecule has 1 aromatic rings. The van der Waals surface area contributed by atoms with E-state index in [1.165, 1.54) is 16.4 Å². The molecule has 1 rings (SSSR count). The summed E-state index contributed by atoms with van der Waals surface area (Å²) in [6, 6.07) is 6.22. The second-order valence-corrected chi connectivity index (χ2v) is 6.89. The minimum atomic E-state index is -3.55. The van der Waals surface area contributed by atoms with Crippen molar-refractivity contribution in [3.63, 3.8) is 0 Å². The van der Waals surface area contributed by atoms with Crippen molar-refractivity contribution in [3.05, 3.63) is 29.8 Å². The summed E-state index contributed by atoms with van der Waals surface area (Å²) in [6.45, 7) is 5.63. The van der Waals surface area contributed by atoms with Crippen LogP contribution in [0.3, 0.4) is 0 Å². The average Bonchev–Trinajstić information content (AvgIpc) is 2.52. The van der Waals surface area contributed by atoms with Crippen LogP contribution < -0.4 is 5.32 Å². The summed E-state index contributed by atoms with van der Waals surface area (Å²) >= 11 is 0. The molecule has 0 saturated heterocycles. The number of carbonyl (C=O) groups excluding carboxylic acids is 1. The fraction of sp³-hybridized carbons (Fsp3) is 0.533. The van der Waals surface area contributed by atoms with Gasteiger partial charge in [0.05, 0.1) is 4.90 Å². The second-order valence-electron chi connectivity index (χ2n) is 4.95. The molecule has 0 spiro atoms. The third-order valence-electron chi connectivity index (χ3n) is 3.47. The lowest BCUT2D eigenvalue weighted by Gasteiger charge is -2.20. The molecule has 0 aromatic heterocycles. The third kappa shape index (κ3) is 4.28. The van der Waals surface area contributed by atoms with Crippen molar-refractivity contribution in [2.24, 2.45) is 0 Å². The quantitative estimate of drug-likeness (QED) is 0.774. The lowest BCUT2D eigenvalue weighted by Crippen LogP contribution is -2.33. The largest absolute Gasteiger partial charge is 0.340 e. The molecular weight excluding hydrogens is 302 g/mol. The first-order valence-corrected chi connectivity index (χ1v) is 8.82. The highest BCUT2D eigenvalue weighted by Crippen LogP contribution is 2.17. The Morgan fingerprint density at radius 1 is 1.23 bits per heavy atom. The van der Waals surface area contributed by atoms with Crippen molar-refractivity contribution in [2.75, 3.05) is 40.3 Å². The molecule has 0 unspecified atom stereocenters. The Bertz CT molecular complexity index is 598. The molecule has 0 bridgehead atoms. The fourth-order valence-electron chi connectivity index (χ4n) is 2.10. The predicted molar refractivity (Wildman–Crippen MR) is 87.4 cm³/mol. The Balaban J connectivity index is 3.07. The number of sulfonamides is 1. The smallest absolute Gasteiger partial charge is 0.253 e. The van der Waals surface area contributed by atoms with Gasteiger partial charge in [0.2, 0.25) is 10.0 Å². The van der Waals surface area contributed by atoms with Crippen LogP contribution in [-0.2, 0) is 10.0 Å². The Morgan fingerprint density at radius 2 is 1.86 bits per heavy atom. The van der Waals surface area contributed by atoms with Crippen molar-refractivity contribution in [2.45, 2.75) is 18.7 Å². The van der Waals surface area contributed by atoms with Crippen LogP contribution in [0.25, 0.3) is 0 Å². The van der Waals surface area contributed by atoms with Crippen LogP contribution in [0.5, 0.6) is 0 Å². The monoisotopic (exact) mass is 327 g/mol. The van der Waals surface area contributed by atoms with Gasteiger partial charge in [0.15, 0.2) is 0 Å². The van der Waals surface area contributed by atoms with Crippen molar-refractivity contribution < 1.29 is 13.2 Å². The summed E-state index contributed by atoms with van der Waals surface area (Å²) in [5.74, 6) is -0.188. The van der Waals surface area contributed by atoms with E-state index in [0.29, 0.717) is 31.7 Å². The van der Waals surface area contributed by atoms with Gasteiger partial charge >= 0.3 is 0 Å². The second kappa shape index (κ2) is 8.26. The molecule has 0 aliphatic rings. The van der Waals surface area contributed by atoms with Crippen LogP contribution in [0.1, 0.15) is 24.2 Å². The molecule has 0 radical (unpaired) electrons. The number of likely N-dealkylation sites (N-methyl/N-ethyl adjacent to an activating group) is 2. The van der Waals surface area contributed by atoms with E-state index >= 15 is 0 Å². The number of carbonyl (C=O) groups is 1. The number of hydrogen-bond acceptors (Lipinski definition) is 4. The van der Waals surface area contributed by atoms with Gasteiger partial charge < -0.3 is 10.2 Å². The zero-order valence-corrected chi connectivity index (χ0v) is 14.5. The summed E-state index contributed by atoms with van der Waals surface area (Å²) in [5, 5.41) is 2.97. The molecule has 1 N–H and O–H groups in total. The number of nitrogens with one attached hydrogen (secondary N) is 1. The summed E-state index contributed by atoms with van der Waals surface area (Å²) in [4.78, 5) is 14.1. The van der Waals surface area contributed by atoms with Crippen LogP contribution in [0.4, 0.5) is 0 Å². The number of hydrogen-bond donors (Lipinski definition) is 1. The molecule has 0 heterocycles. The normalized spacial score (nSPS) is 11.7. The summed E-state index contributed by atoms with van der Waals surface area (Å²) in [7, 11) is -0.0349. The van der Waals surface area contributed by atoms with E-state index in [-0.39, 0.29) is 10.8 Å². The van der Waals surface area contributed by atoms with Gasteiger partial charge in [0.25, 0.3) is 5.91 Å². The number of rotatable bonds is 8. The van der Waals surface area contributed by atoms with E-state index < -0.39 is 10.0 Å². The van der Waals surface area contributed by atoms with Crippen molar-refractivity contribution >= 4 is 15.9 Å². The molecule has 0 saturated carbocycles. The molecule has 0 atom stereocenters. The first-order chi connectivity index (χ1) is 10.4. The highest BCUT2D eigenvalue weighted by atomic mass is 32.2. The van der Waals surface area contributed by atoms with E-state index in [1.807, 2.05) is 7.05 Å². The molecular formula is C15H25N3O3S. The minimum Gasteiger partial charge on any atom is -0.340 e. The molecule has 1 amide bonds. The Kier molecular flexibility index (Phi) is 6.99. The molecule has 0 aliphatic carbocycles. The van der Waals surface area contributed by atoms with Gasteiger partial charge in [-0.15, -0.1) is 0 Å². The Hall–Kier alpha value is -1.44. The van der Waals surface area contributed by atoms with Gasteiger partial charge in [-0.25, -0.2) is 8.42 Å². The molecule has 0 fully saturated rings. The molecule has 1 aromatic carbocycles. The highest BCUT2D eigenvalue weighted by Gasteiger charge is 2.23. The standard InChI is InChI=1S/C15H25N3O3S/c1-5-18(6-2)22(20,21)14-9-7-8-13(12-14)15(19)17(4)11-10-16-3/h7-9,12,16H,5-6,10-11H2,1-4H3. The topological polar surface area (TPSA) is 69.7 Å². The Labute approximate surface area is 133 Å². The maximum absolute atomic E-state index is 12.5. The minimum absolute atomic E-state index is 0.157. The van der Waals surface area contributed by atoms with Gasteiger partial charge in [-0.2, -0.15) is 4.31 Å². The van der Waals surface area contributed by atoms with Gasteiger partial charge in [-0.3, -0.25) is 4.79 Å². The summed E-state index contributed by atoms with van der Waals surface area (Å²) in [6.07, 6.45) is 0. The van der Waals surface area contributed by atoms with Crippen LogP contribution in [0, 0.1) is 0 Å². The van der Waals surface area contributed by atoms with Gasteiger partial charge in [0.1, 0.15) is 0 Å². The summed E-state index contributed by atoms with van der Waals surface area (Å²) < 4.78 is 26.4. The highest BCUT2D eigenvalue weighted by molar-refractivity contribution is 7.89. The average molecular weight is 327 g/mol. The molecule has 124 valence electrons. The van der Waals surface area contributed by atoms with E-state index in [9.17, 15) is 13.2 Å².